The Morgan fingerprint density at radius 1 is 1.30 bits per heavy atom. The molecule has 0 amide bonds. The zero-order valence-corrected chi connectivity index (χ0v) is 18.6. The molecule has 27 heavy (non-hydrogen) atoms. The molecule has 0 bridgehead atoms. The average Bonchev–Trinajstić information content (AvgIpc) is 3.27. The van der Waals surface area contributed by atoms with E-state index in [-0.39, 0.29) is 29.8 Å². The average molecular weight is 487 g/mol. The molecule has 1 atom stereocenters. The van der Waals surface area contributed by atoms with Gasteiger partial charge in [-0.1, -0.05) is 6.92 Å². The topological polar surface area (TPSA) is 55.5 Å². The summed E-state index contributed by atoms with van der Waals surface area (Å²) in [6.07, 6.45) is 5.44. The number of fused-ring (bicyclic) bond motifs is 1. The number of halogens is 2. The van der Waals surface area contributed by atoms with Crippen molar-refractivity contribution in [1.82, 2.24) is 20.5 Å². The Morgan fingerprint density at radius 2 is 2.07 bits per heavy atom. The number of H-pyrrole nitrogens is 1. The van der Waals surface area contributed by atoms with Crippen LogP contribution in [0.4, 0.5) is 4.39 Å². The Labute approximate surface area is 178 Å². The van der Waals surface area contributed by atoms with Crippen molar-refractivity contribution in [2.75, 3.05) is 39.8 Å². The number of aliphatic imine (C=N–C) groups is 1. The molecule has 2 aromatic rings. The zero-order valence-electron chi connectivity index (χ0n) is 16.2. The number of hydrogen-bond acceptors (Lipinski definition) is 2. The highest BCUT2D eigenvalue weighted by atomic mass is 127. The summed E-state index contributed by atoms with van der Waals surface area (Å²) in [5.74, 6) is 1.21. The summed E-state index contributed by atoms with van der Waals surface area (Å²) in [6, 6.07) is 4.86. The third kappa shape index (κ3) is 6.34. The Balaban J connectivity index is 0.00000261. The van der Waals surface area contributed by atoms with E-state index in [4.69, 9.17) is 0 Å². The van der Waals surface area contributed by atoms with E-state index in [0.717, 1.165) is 48.5 Å². The summed E-state index contributed by atoms with van der Waals surface area (Å²) in [4.78, 5) is 10.0. The molecule has 3 rings (SSSR count). The van der Waals surface area contributed by atoms with Crippen LogP contribution in [0.25, 0.3) is 10.9 Å². The van der Waals surface area contributed by atoms with Gasteiger partial charge in [0.05, 0.1) is 0 Å². The van der Waals surface area contributed by atoms with Crippen molar-refractivity contribution in [1.29, 1.82) is 0 Å². The normalized spacial score (nSPS) is 16.3. The van der Waals surface area contributed by atoms with E-state index in [1.54, 1.807) is 19.2 Å². The van der Waals surface area contributed by atoms with Gasteiger partial charge >= 0.3 is 0 Å². The lowest BCUT2D eigenvalue weighted by Gasteiger charge is -2.21. The van der Waals surface area contributed by atoms with Gasteiger partial charge in [0.25, 0.3) is 0 Å². The Hall–Kier alpha value is -1.35. The number of aromatic nitrogens is 1. The highest BCUT2D eigenvalue weighted by molar-refractivity contribution is 14.0. The molecule has 1 unspecified atom stereocenters. The van der Waals surface area contributed by atoms with Gasteiger partial charge in [-0.25, -0.2) is 4.39 Å². The van der Waals surface area contributed by atoms with Crippen LogP contribution in [0.15, 0.2) is 29.4 Å². The highest BCUT2D eigenvalue weighted by Gasteiger charge is 2.14. The van der Waals surface area contributed by atoms with Crippen LogP contribution in [0.5, 0.6) is 0 Å². The molecule has 1 aromatic carbocycles. The van der Waals surface area contributed by atoms with E-state index in [9.17, 15) is 4.39 Å². The molecule has 150 valence electrons. The summed E-state index contributed by atoms with van der Waals surface area (Å²) in [7, 11) is 1.79. The summed E-state index contributed by atoms with van der Waals surface area (Å²) >= 11 is 0. The first-order valence-corrected chi connectivity index (χ1v) is 9.58. The maximum absolute atomic E-state index is 13.5. The summed E-state index contributed by atoms with van der Waals surface area (Å²) in [6.45, 7) is 7.56. The minimum Gasteiger partial charge on any atom is -0.361 e. The summed E-state index contributed by atoms with van der Waals surface area (Å²) in [5.41, 5.74) is 2.09. The number of rotatable bonds is 7. The molecule has 0 radical (unpaired) electrons. The lowest BCUT2D eigenvalue weighted by molar-refractivity contribution is 0.287. The number of nitrogens with one attached hydrogen (secondary N) is 3. The van der Waals surface area contributed by atoms with Crippen LogP contribution in [0.2, 0.25) is 0 Å². The van der Waals surface area contributed by atoms with Crippen molar-refractivity contribution in [3.05, 3.63) is 35.8 Å². The molecule has 2 heterocycles. The van der Waals surface area contributed by atoms with Gasteiger partial charge in [-0.15, -0.1) is 24.0 Å². The van der Waals surface area contributed by atoms with Crippen LogP contribution >= 0.6 is 24.0 Å². The molecule has 3 N–H and O–H groups in total. The largest absolute Gasteiger partial charge is 0.361 e. The van der Waals surface area contributed by atoms with Crippen molar-refractivity contribution in [2.24, 2.45) is 10.9 Å². The predicted molar refractivity (Wildman–Crippen MR) is 122 cm³/mol. The number of aromatic amines is 1. The van der Waals surface area contributed by atoms with Crippen LogP contribution in [0, 0.1) is 11.7 Å². The molecule has 1 saturated heterocycles. The van der Waals surface area contributed by atoms with Gasteiger partial charge in [-0.2, -0.15) is 0 Å². The summed E-state index contributed by atoms with van der Waals surface area (Å²) in [5, 5.41) is 7.72. The number of nitrogens with zero attached hydrogens (tertiary/aromatic N) is 2. The second kappa shape index (κ2) is 10.8. The van der Waals surface area contributed by atoms with E-state index in [0.29, 0.717) is 5.92 Å². The third-order valence-corrected chi connectivity index (χ3v) is 5.03. The maximum atomic E-state index is 13.5. The van der Waals surface area contributed by atoms with E-state index >= 15 is 0 Å². The molecule has 1 fully saturated rings. The van der Waals surface area contributed by atoms with Crippen LogP contribution in [0.1, 0.15) is 25.3 Å². The van der Waals surface area contributed by atoms with Crippen molar-refractivity contribution in [2.45, 2.75) is 26.2 Å². The van der Waals surface area contributed by atoms with Gasteiger partial charge in [0, 0.05) is 43.8 Å². The predicted octanol–water partition coefficient (Wildman–Crippen LogP) is 3.36. The van der Waals surface area contributed by atoms with Gasteiger partial charge in [0.2, 0.25) is 0 Å². The van der Waals surface area contributed by atoms with Crippen LogP contribution < -0.4 is 10.6 Å². The highest BCUT2D eigenvalue weighted by Crippen LogP contribution is 2.19. The van der Waals surface area contributed by atoms with E-state index in [2.05, 4.69) is 32.4 Å². The van der Waals surface area contributed by atoms with E-state index in [1.165, 1.54) is 32.0 Å². The molecule has 5 nitrogen and oxygen atoms in total. The van der Waals surface area contributed by atoms with Crippen molar-refractivity contribution >= 4 is 40.8 Å². The fourth-order valence-corrected chi connectivity index (χ4v) is 3.64. The van der Waals surface area contributed by atoms with Crippen molar-refractivity contribution in [3.63, 3.8) is 0 Å². The molecule has 1 aliphatic rings. The lowest BCUT2D eigenvalue weighted by Crippen LogP contribution is -2.42. The van der Waals surface area contributed by atoms with Crippen LogP contribution in [-0.2, 0) is 6.42 Å². The van der Waals surface area contributed by atoms with Gasteiger partial charge in [-0.3, -0.25) is 4.99 Å². The Bertz CT molecular complexity index is 739. The van der Waals surface area contributed by atoms with E-state index in [1.807, 2.05) is 6.20 Å². The first-order valence-electron chi connectivity index (χ1n) is 9.58. The van der Waals surface area contributed by atoms with Crippen LogP contribution in [-0.4, -0.2) is 55.6 Å². The van der Waals surface area contributed by atoms with Gasteiger partial charge in [0.1, 0.15) is 5.82 Å². The van der Waals surface area contributed by atoms with Gasteiger partial charge in [-0.05, 0) is 62.0 Å². The first kappa shape index (κ1) is 21.9. The SMILES string of the molecule is CN=C(NCCc1c[nH]c2ccc(F)cc12)NCC(C)CN1CCCC1.I. The third-order valence-electron chi connectivity index (χ3n) is 5.03. The smallest absolute Gasteiger partial charge is 0.190 e. The maximum Gasteiger partial charge on any atom is 0.190 e. The lowest BCUT2D eigenvalue weighted by atomic mass is 10.1. The Kier molecular flexibility index (Phi) is 8.82. The second-order valence-electron chi connectivity index (χ2n) is 7.25. The fourth-order valence-electron chi connectivity index (χ4n) is 3.64. The molecule has 0 spiro atoms. The van der Waals surface area contributed by atoms with Crippen LogP contribution in [0.3, 0.4) is 0 Å². The monoisotopic (exact) mass is 487 g/mol. The fraction of sp³-hybridized carbons (Fsp3) is 0.550. The molecule has 0 aliphatic carbocycles. The quantitative estimate of drug-likeness (QED) is 0.319. The number of likely N-dealkylation sites (tertiary alicyclic amines) is 1. The number of benzene rings is 1. The van der Waals surface area contributed by atoms with E-state index < -0.39 is 0 Å². The minimum atomic E-state index is -0.198. The second-order valence-corrected chi connectivity index (χ2v) is 7.25. The number of hydrogen-bond donors (Lipinski definition) is 3. The first-order chi connectivity index (χ1) is 12.7. The van der Waals surface area contributed by atoms with Gasteiger partial charge < -0.3 is 20.5 Å². The van der Waals surface area contributed by atoms with Crippen molar-refractivity contribution in [3.8, 4) is 0 Å². The zero-order chi connectivity index (χ0) is 18.4. The van der Waals surface area contributed by atoms with Gasteiger partial charge in [0.15, 0.2) is 5.96 Å². The number of guanidine groups is 1. The molecule has 7 heteroatoms. The van der Waals surface area contributed by atoms with Crippen molar-refractivity contribution < 1.29 is 4.39 Å². The minimum absolute atomic E-state index is 0. The Morgan fingerprint density at radius 3 is 2.81 bits per heavy atom. The standard InChI is InChI=1S/C20H30FN5.HI/c1-15(14-26-9-3-4-10-26)12-25-20(22-2)23-8-7-16-13-24-19-6-5-17(21)11-18(16)19;/h5-6,11,13,15,24H,3-4,7-10,12,14H2,1-2H3,(H2,22,23,25);1H. The molecule has 1 aliphatic heterocycles. The molecular weight excluding hydrogens is 456 g/mol. The summed E-state index contributed by atoms with van der Waals surface area (Å²) < 4.78 is 13.5. The molecule has 0 saturated carbocycles. The molecular formula is C20H31FIN5. The molecule has 1 aromatic heterocycles.